The molecule has 0 bridgehead atoms. The summed E-state index contributed by atoms with van der Waals surface area (Å²) in [6.07, 6.45) is 2.77. The molecular formula is C20H29IN4O2S. The molecule has 3 rings (SSSR count). The highest BCUT2D eigenvalue weighted by atomic mass is 127. The molecule has 1 aromatic heterocycles. The second-order valence-electron chi connectivity index (χ2n) is 6.34. The Labute approximate surface area is 188 Å². The first-order valence-electron chi connectivity index (χ1n) is 9.55. The van der Waals surface area contributed by atoms with E-state index in [1.54, 1.807) is 11.3 Å². The van der Waals surface area contributed by atoms with E-state index < -0.39 is 0 Å². The molecule has 2 aromatic rings. The minimum atomic E-state index is 0. The number of nitrogens with zero attached hydrogens (tertiary/aromatic N) is 2. The highest BCUT2D eigenvalue weighted by Gasteiger charge is 2.13. The number of guanidine groups is 1. The molecule has 2 heterocycles. The van der Waals surface area contributed by atoms with E-state index in [4.69, 9.17) is 9.47 Å². The standard InChI is InChI=1S/C20H28N4O2S.HI/c1-4-16-14(3)27-19(24-16)9-11-23-20(21-5-2)22-10-8-15-6-7-17-18(12-15)26-13-25-17;/h6-7,12H,4-5,8-11,13H2,1-3H3,(H2,21,22,23);1H. The predicted molar refractivity (Wildman–Crippen MR) is 126 cm³/mol. The molecule has 0 aliphatic carbocycles. The van der Waals surface area contributed by atoms with Gasteiger partial charge in [-0.3, -0.25) is 4.99 Å². The van der Waals surface area contributed by atoms with Crippen molar-refractivity contribution in [1.82, 2.24) is 15.6 Å². The van der Waals surface area contributed by atoms with Gasteiger partial charge in [-0.25, -0.2) is 4.98 Å². The number of nitrogens with one attached hydrogen (secondary N) is 2. The Morgan fingerprint density at radius 1 is 1.18 bits per heavy atom. The summed E-state index contributed by atoms with van der Waals surface area (Å²) >= 11 is 1.79. The van der Waals surface area contributed by atoms with Crippen LogP contribution in [0.25, 0.3) is 0 Å². The molecule has 0 radical (unpaired) electrons. The van der Waals surface area contributed by atoms with Crippen LogP contribution in [0.2, 0.25) is 0 Å². The van der Waals surface area contributed by atoms with Crippen LogP contribution in [-0.4, -0.2) is 37.4 Å². The van der Waals surface area contributed by atoms with E-state index in [-0.39, 0.29) is 24.0 Å². The zero-order chi connectivity index (χ0) is 19.1. The number of aryl methyl sites for hydroxylation is 2. The van der Waals surface area contributed by atoms with Crippen molar-refractivity contribution < 1.29 is 9.47 Å². The Morgan fingerprint density at radius 2 is 2.00 bits per heavy atom. The molecule has 0 fully saturated rings. The van der Waals surface area contributed by atoms with Crippen LogP contribution in [0, 0.1) is 6.92 Å². The average Bonchev–Trinajstić information content (AvgIpc) is 3.27. The highest BCUT2D eigenvalue weighted by molar-refractivity contribution is 14.0. The summed E-state index contributed by atoms with van der Waals surface area (Å²) in [6.45, 7) is 9.06. The van der Waals surface area contributed by atoms with Gasteiger partial charge in [0.15, 0.2) is 17.5 Å². The third-order valence-corrected chi connectivity index (χ3v) is 5.43. The Hall–Kier alpha value is -1.55. The number of halogens is 1. The van der Waals surface area contributed by atoms with Gasteiger partial charge in [0.2, 0.25) is 6.79 Å². The Kier molecular flexibility index (Phi) is 9.30. The molecule has 1 aliphatic rings. The van der Waals surface area contributed by atoms with Crippen LogP contribution < -0.4 is 20.1 Å². The highest BCUT2D eigenvalue weighted by Crippen LogP contribution is 2.32. The molecule has 154 valence electrons. The summed E-state index contributed by atoms with van der Waals surface area (Å²) in [5, 5.41) is 7.87. The van der Waals surface area contributed by atoms with Crippen molar-refractivity contribution in [2.45, 2.75) is 40.0 Å². The summed E-state index contributed by atoms with van der Waals surface area (Å²) in [7, 11) is 0. The van der Waals surface area contributed by atoms with Gasteiger partial charge in [-0.05, 0) is 44.4 Å². The first-order chi connectivity index (χ1) is 13.2. The fourth-order valence-electron chi connectivity index (χ4n) is 2.95. The number of rotatable bonds is 8. The summed E-state index contributed by atoms with van der Waals surface area (Å²) in [4.78, 5) is 10.7. The summed E-state index contributed by atoms with van der Waals surface area (Å²) in [5.74, 6) is 2.51. The number of hydrogen-bond donors (Lipinski definition) is 2. The molecule has 1 aromatic carbocycles. The zero-order valence-electron chi connectivity index (χ0n) is 16.7. The molecular weight excluding hydrogens is 487 g/mol. The van der Waals surface area contributed by atoms with Crippen LogP contribution in [-0.2, 0) is 19.3 Å². The lowest BCUT2D eigenvalue weighted by Gasteiger charge is -2.11. The topological polar surface area (TPSA) is 67.8 Å². The van der Waals surface area contributed by atoms with Gasteiger partial charge in [0.25, 0.3) is 0 Å². The minimum Gasteiger partial charge on any atom is -0.454 e. The van der Waals surface area contributed by atoms with Crippen LogP contribution in [0.5, 0.6) is 11.5 Å². The fourth-order valence-corrected chi connectivity index (χ4v) is 3.96. The van der Waals surface area contributed by atoms with Crippen molar-refractivity contribution in [2.75, 3.05) is 26.4 Å². The van der Waals surface area contributed by atoms with E-state index in [2.05, 4.69) is 47.4 Å². The molecule has 2 N–H and O–H groups in total. The first-order valence-corrected chi connectivity index (χ1v) is 10.4. The molecule has 0 saturated carbocycles. The van der Waals surface area contributed by atoms with Crippen LogP contribution in [0.3, 0.4) is 0 Å². The van der Waals surface area contributed by atoms with Gasteiger partial charge in [0.1, 0.15) is 0 Å². The zero-order valence-corrected chi connectivity index (χ0v) is 19.9. The van der Waals surface area contributed by atoms with Gasteiger partial charge in [0, 0.05) is 30.9 Å². The number of aliphatic imine (C=N–C) groups is 1. The van der Waals surface area contributed by atoms with Gasteiger partial charge in [-0.15, -0.1) is 35.3 Å². The van der Waals surface area contributed by atoms with E-state index in [0.29, 0.717) is 6.79 Å². The minimum absolute atomic E-state index is 0. The Balaban J connectivity index is 0.00000280. The number of hydrogen-bond acceptors (Lipinski definition) is 5. The lowest BCUT2D eigenvalue weighted by atomic mass is 10.1. The van der Waals surface area contributed by atoms with Gasteiger partial charge in [-0.1, -0.05) is 13.0 Å². The first kappa shape index (κ1) is 22.7. The third kappa shape index (κ3) is 6.23. The lowest BCUT2D eigenvalue weighted by Crippen LogP contribution is -2.38. The van der Waals surface area contributed by atoms with Crippen LogP contribution in [0.4, 0.5) is 0 Å². The Bertz CT molecular complexity index is 795. The molecule has 28 heavy (non-hydrogen) atoms. The molecule has 0 saturated heterocycles. The van der Waals surface area contributed by atoms with Crippen LogP contribution >= 0.6 is 35.3 Å². The molecule has 1 aliphatic heterocycles. The molecule has 6 nitrogen and oxygen atoms in total. The molecule has 0 spiro atoms. The van der Waals surface area contributed by atoms with Crippen molar-refractivity contribution in [2.24, 2.45) is 4.99 Å². The van der Waals surface area contributed by atoms with Crippen LogP contribution in [0.15, 0.2) is 23.2 Å². The quantitative estimate of drug-likeness (QED) is 0.318. The summed E-state index contributed by atoms with van der Waals surface area (Å²) in [5.41, 5.74) is 2.43. The smallest absolute Gasteiger partial charge is 0.231 e. The number of aromatic nitrogens is 1. The number of thiazole rings is 1. The normalized spacial score (nSPS) is 12.6. The van der Waals surface area contributed by atoms with E-state index in [9.17, 15) is 0 Å². The summed E-state index contributed by atoms with van der Waals surface area (Å²) < 4.78 is 10.8. The van der Waals surface area contributed by atoms with Crippen molar-refractivity contribution >= 4 is 41.3 Å². The largest absolute Gasteiger partial charge is 0.454 e. The van der Waals surface area contributed by atoms with Crippen molar-refractivity contribution in [1.29, 1.82) is 0 Å². The maximum absolute atomic E-state index is 5.43. The Morgan fingerprint density at radius 3 is 2.75 bits per heavy atom. The van der Waals surface area contributed by atoms with E-state index in [0.717, 1.165) is 56.4 Å². The second kappa shape index (κ2) is 11.5. The number of ether oxygens (including phenoxy) is 2. The molecule has 8 heteroatoms. The average molecular weight is 516 g/mol. The lowest BCUT2D eigenvalue weighted by molar-refractivity contribution is 0.174. The number of benzene rings is 1. The van der Waals surface area contributed by atoms with Gasteiger partial charge < -0.3 is 20.1 Å². The maximum Gasteiger partial charge on any atom is 0.231 e. The summed E-state index contributed by atoms with van der Waals surface area (Å²) in [6, 6.07) is 6.09. The van der Waals surface area contributed by atoms with E-state index >= 15 is 0 Å². The van der Waals surface area contributed by atoms with Crippen molar-refractivity contribution in [3.05, 3.63) is 39.3 Å². The third-order valence-electron chi connectivity index (χ3n) is 4.35. The molecule has 0 unspecified atom stereocenters. The van der Waals surface area contributed by atoms with Crippen LogP contribution in [0.1, 0.15) is 35.0 Å². The van der Waals surface area contributed by atoms with E-state index in [1.807, 2.05) is 12.1 Å². The van der Waals surface area contributed by atoms with Gasteiger partial charge in [0.05, 0.1) is 10.7 Å². The van der Waals surface area contributed by atoms with Crippen molar-refractivity contribution in [3.63, 3.8) is 0 Å². The van der Waals surface area contributed by atoms with Gasteiger partial charge in [-0.2, -0.15) is 0 Å². The second-order valence-corrected chi connectivity index (χ2v) is 7.63. The maximum atomic E-state index is 5.43. The monoisotopic (exact) mass is 516 g/mol. The van der Waals surface area contributed by atoms with Crippen molar-refractivity contribution in [3.8, 4) is 11.5 Å². The van der Waals surface area contributed by atoms with E-state index in [1.165, 1.54) is 21.1 Å². The molecule has 0 atom stereocenters. The van der Waals surface area contributed by atoms with Gasteiger partial charge >= 0.3 is 0 Å². The number of fused-ring (bicyclic) bond motifs is 1. The SMILES string of the molecule is CCNC(=NCCc1nc(CC)c(C)s1)NCCc1ccc2c(c1)OCO2.I. The fraction of sp³-hybridized carbons (Fsp3) is 0.500. The predicted octanol–water partition coefficient (Wildman–Crippen LogP) is 3.70. The molecule has 0 amide bonds.